The highest BCUT2D eigenvalue weighted by molar-refractivity contribution is 5.74. The molecule has 0 radical (unpaired) electrons. The van der Waals surface area contributed by atoms with Crippen LogP contribution < -0.4 is 10.7 Å². The fourth-order valence-corrected chi connectivity index (χ4v) is 3.78. The number of hydrogen-bond donors (Lipinski definition) is 3. The molecule has 34 heavy (non-hydrogen) atoms. The van der Waals surface area contributed by atoms with Gasteiger partial charge in [0.05, 0.1) is 30.6 Å². The summed E-state index contributed by atoms with van der Waals surface area (Å²) in [4.78, 5) is 15.8. The lowest BCUT2D eigenvalue weighted by Gasteiger charge is -2.25. The number of aldehydes is 1. The van der Waals surface area contributed by atoms with Gasteiger partial charge in [-0.3, -0.25) is 9.89 Å². The molecule has 4 rings (SSSR count). The van der Waals surface area contributed by atoms with Gasteiger partial charge in [-0.1, -0.05) is 20.8 Å². The minimum absolute atomic E-state index is 0.110. The molecule has 1 saturated heterocycles. The Balaban J connectivity index is 1.39. The van der Waals surface area contributed by atoms with E-state index in [-0.39, 0.29) is 17.6 Å². The van der Waals surface area contributed by atoms with Crippen LogP contribution in [-0.2, 0) is 20.9 Å². The Kier molecular flexibility index (Phi) is 6.96. The molecular formula is C23H32N8O3. The van der Waals surface area contributed by atoms with Crippen molar-refractivity contribution in [2.24, 2.45) is 5.41 Å². The second kappa shape index (κ2) is 9.92. The van der Waals surface area contributed by atoms with E-state index >= 15 is 0 Å². The second-order valence-electron chi connectivity index (χ2n) is 9.43. The molecule has 1 aliphatic heterocycles. The molecule has 4 heterocycles. The van der Waals surface area contributed by atoms with Crippen molar-refractivity contribution in [3.05, 3.63) is 47.7 Å². The smallest absolute Gasteiger partial charge is 0.157 e. The molecule has 11 nitrogen and oxygen atoms in total. The Morgan fingerprint density at radius 2 is 2.24 bits per heavy atom. The molecule has 1 fully saturated rings. The number of aromatic amines is 1. The lowest BCUT2D eigenvalue weighted by molar-refractivity contribution is -0.105. The van der Waals surface area contributed by atoms with Gasteiger partial charge in [0.15, 0.2) is 11.6 Å². The van der Waals surface area contributed by atoms with Crippen molar-refractivity contribution in [2.45, 2.75) is 45.9 Å². The van der Waals surface area contributed by atoms with E-state index in [1.54, 1.807) is 30.2 Å². The Labute approximate surface area is 198 Å². The number of fused-ring (bicyclic) bond motifs is 1. The summed E-state index contributed by atoms with van der Waals surface area (Å²) >= 11 is 0. The summed E-state index contributed by atoms with van der Waals surface area (Å²) in [6.45, 7) is 7.02. The van der Waals surface area contributed by atoms with Gasteiger partial charge < -0.3 is 20.2 Å². The highest BCUT2D eigenvalue weighted by Gasteiger charge is 2.31. The summed E-state index contributed by atoms with van der Waals surface area (Å²) in [5.74, 6) is 1.30. The molecule has 0 saturated carbocycles. The number of nitrogens with zero attached hydrogens (tertiary/aromatic N) is 5. The van der Waals surface area contributed by atoms with Gasteiger partial charge >= 0.3 is 0 Å². The number of methoxy groups -OCH3 is 1. The van der Waals surface area contributed by atoms with Gasteiger partial charge in [0.1, 0.15) is 17.9 Å². The van der Waals surface area contributed by atoms with Crippen LogP contribution in [0.15, 0.2) is 36.3 Å². The Hall–Kier alpha value is -3.28. The van der Waals surface area contributed by atoms with Gasteiger partial charge in [-0.2, -0.15) is 10.2 Å². The summed E-state index contributed by atoms with van der Waals surface area (Å²) in [6, 6.07) is 4.02. The number of hydrazine groups is 1. The third-order valence-electron chi connectivity index (χ3n) is 5.86. The van der Waals surface area contributed by atoms with Gasteiger partial charge in [-0.25, -0.2) is 14.5 Å². The van der Waals surface area contributed by atoms with Crippen LogP contribution in [0.4, 0.5) is 11.6 Å². The summed E-state index contributed by atoms with van der Waals surface area (Å²) < 4.78 is 13.0. The van der Waals surface area contributed by atoms with Crippen LogP contribution in [0.2, 0.25) is 0 Å². The third kappa shape index (κ3) is 5.27. The van der Waals surface area contributed by atoms with Gasteiger partial charge in [-0.05, 0) is 17.9 Å². The average Bonchev–Trinajstić information content (AvgIpc) is 3.53. The van der Waals surface area contributed by atoms with E-state index in [2.05, 4.69) is 31.0 Å². The third-order valence-corrected chi connectivity index (χ3v) is 5.86. The zero-order chi connectivity index (χ0) is 24.3. The molecule has 2 unspecified atom stereocenters. The number of ether oxygens (including phenoxy) is 2. The maximum Gasteiger partial charge on any atom is 0.157 e. The summed E-state index contributed by atoms with van der Waals surface area (Å²) in [6.07, 6.45) is 6.81. The van der Waals surface area contributed by atoms with E-state index in [4.69, 9.17) is 9.47 Å². The number of allylic oxidation sites excluding steroid dienone is 1. The Morgan fingerprint density at radius 3 is 2.97 bits per heavy atom. The van der Waals surface area contributed by atoms with E-state index in [1.807, 2.05) is 45.0 Å². The van der Waals surface area contributed by atoms with Crippen LogP contribution in [0, 0.1) is 5.41 Å². The SMILES string of the molecule is COCc1cc2c(Nc3cc(C4CC(N(C)N/C=C(\C=O)C(C)(C)C)CO4)[nH]n3)nccn2n1. The molecule has 1 aliphatic rings. The molecule has 0 aliphatic carbocycles. The normalized spacial score (nSPS) is 19.2. The maximum absolute atomic E-state index is 11.4. The maximum atomic E-state index is 11.4. The van der Waals surface area contributed by atoms with Crippen LogP contribution in [0.25, 0.3) is 5.52 Å². The summed E-state index contributed by atoms with van der Waals surface area (Å²) in [5.41, 5.74) is 6.25. The lowest BCUT2D eigenvalue weighted by atomic mass is 9.88. The van der Waals surface area contributed by atoms with E-state index < -0.39 is 0 Å². The van der Waals surface area contributed by atoms with Gasteiger partial charge in [0, 0.05) is 44.4 Å². The number of likely N-dealkylation sites (N-methyl/N-ethyl adjacent to an activating group) is 1. The first-order chi connectivity index (χ1) is 16.3. The standard InChI is InChI=1S/C23H32N8O3/c1-23(2,3)15(12-32)11-25-30(4)17-9-20(34-14-17)18-10-21(28-27-18)26-22-19-8-16(13-33-5)29-31(19)7-6-24-22/h6-8,10-12,17,20,25H,9,13-14H2,1-5H3,(H2,24,26,27,28)/b15-11+. The first-order valence-corrected chi connectivity index (χ1v) is 11.2. The zero-order valence-corrected chi connectivity index (χ0v) is 20.2. The molecule has 0 bridgehead atoms. The highest BCUT2D eigenvalue weighted by Crippen LogP contribution is 2.31. The summed E-state index contributed by atoms with van der Waals surface area (Å²) in [7, 11) is 3.59. The van der Waals surface area contributed by atoms with Crippen molar-refractivity contribution in [1.82, 2.24) is 35.2 Å². The number of H-pyrrole nitrogens is 1. The van der Waals surface area contributed by atoms with Crippen molar-refractivity contribution >= 4 is 23.4 Å². The van der Waals surface area contributed by atoms with Gasteiger partial charge in [0.2, 0.25) is 0 Å². The van der Waals surface area contributed by atoms with Crippen LogP contribution in [0.3, 0.4) is 0 Å². The number of hydrogen-bond acceptors (Lipinski definition) is 9. The molecule has 11 heteroatoms. The van der Waals surface area contributed by atoms with Crippen LogP contribution in [0.5, 0.6) is 0 Å². The number of nitrogens with one attached hydrogen (secondary N) is 3. The molecular weight excluding hydrogens is 436 g/mol. The van der Waals surface area contributed by atoms with Gasteiger partial charge in [-0.15, -0.1) is 0 Å². The first kappa shape index (κ1) is 23.9. The minimum Gasteiger partial charge on any atom is -0.378 e. The Morgan fingerprint density at radius 1 is 1.41 bits per heavy atom. The van der Waals surface area contributed by atoms with E-state index in [1.165, 1.54) is 0 Å². The molecule has 2 atom stereocenters. The first-order valence-electron chi connectivity index (χ1n) is 11.2. The van der Waals surface area contributed by atoms with Crippen molar-refractivity contribution < 1.29 is 14.3 Å². The number of rotatable bonds is 9. The highest BCUT2D eigenvalue weighted by atomic mass is 16.5. The largest absolute Gasteiger partial charge is 0.378 e. The second-order valence-corrected chi connectivity index (χ2v) is 9.43. The van der Waals surface area contributed by atoms with Crippen molar-refractivity contribution in [3.63, 3.8) is 0 Å². The summed E-state index contributed by atoms with van der Waals surface area (Å²) in [5, 5.41) is 17.2. The molecule has 0 spiro atoms. The van der Waals surface area contributed by atoms with Crippen molar-refractivity contribution in [3.8, 4) is 0 Å². The molecule has 0 amide bonds. The van der Waals surface area contributed by atoms with Crippen molar-refractivity contribution in [2.75, 3.05) is 26.1 Å². The monoisotopic (exact) mass is 468 g/mol. The fraction of sp³-hybridized carbons (Fsp3) is 0.478. The number of carbonyl (C=O) groups excluding carboxylic acids is 1. The fourth-order valence-electron chi connectivity index (χ4n) is 3.78. The topological polar surface area (TPSA) is 122 Å². The number of carbonyl (C=O) groups is 1. The van der Waals surface area contributed by atoms with Crippen LogP contribution in [-0.4, -0.2) is 62.9 Å². The molecule has 0 aromatic carbocycles. The van der Waals surface area contributed by atoms with Crippen molar-refractivity contribution in [1.29, 1.82) is 0 Å². The average molecular weight is 469 g/mol. The molecule has 3 aromatic heterocycles. The quantitative estimate of drug-likeness (QED) is 0.247. The van der Waals surface area contributed by atoms with E-state index in [9.17, 15) is 4.79 Å². The predicted octanol–water partition coefficient (Wildman–Crippen LogP) is 2.74. The predicted molar refractivity (Wildman–Crippen MR) is 127 cm³/mol. The lowest BCUT2D eigenvalue weighted by Crippen LogP contribution is -2.40. The minimum atomic E-state index is -0.217. The number of anilines is 2. The van der Waals surface area contributed by atoms with Crippen LogP contribution in [0.1, 0.15) is 44.7 Å². The van der Waals surface area contributed by atoms with Crippen LogP contribution >= 0.6 is 0 Å². The molecule has 3 aromatic rings. The zero-order valence-electron chi connectivity index (χ0n) is 20.2. The molecule has 3 N–H and O–H groups in total. The Bertz CT molecular complexity index is 1160. The van der Waals surface area contributed by atoms with E-state index in [0.717, 1.165) is 29.6 Å². The van der Waals surface area contributed by atoms with E-state index in [0.29, 0.717) is 30.4 Å². The van der Waals surface area contributed by atoms with Gasteiger partial charge in [0.25, 0.3) is 0 Å². The number of aromatic nitrogens is 5. The molecule has 182 valence electrons.